The Hall–Kier alpha value is -1.15. The van der Waals surface area contributed by atoms with Crippen LogP contribution in [0, 0.1) is 5.92 Å². The molecule has 0 aromatic heterocycles. The summed E-state index contributed by atoms with van der Waals surface area (Å²) in [6, 6.07) is 8.03. The van der Waals surface area contributed by atoms with Crippen LogP contribution in [0.5, 0.6) is 0 Å². The van der Waals surface area contributed by atoms with E-state index in [0.717, 1.165) is 18.5 Å². The first-order chi connectivity index (χ1) is 8.90. The summed E-state index contributed by atoms with van der Waals surface area (Å²) in [7, 11) is 2.02. The van der Waals surface area contributed by atoms with Crippen LogP contribution in [0.3, 0.4) is 0 Å². The second-order valence-electron chi connectivity index (χ2n) is 6.12. The second kappa shape index (κ2) is 7.44. The van der Waals surface area contributed by atoms with Crippen LogP contribution in [0.4, 0.5) is 0 Å². The number of Topliss-reactive ketones (excluding diaryl/α,β-unsaturated/α-hetero) is 1. The van der Waals surface area contributed by atoms with Crippen molar-refractivity contribution in [3.63, 3.8) is 0 Å². The number of hydrogen-bond donors (Lipinski definition) is 0. The summed E-state index contributed by atoms with van der Waals surface area (Å²) < 4.78 is 0. The van der Waals surface area contributed by atoms with Gasteiger partial charge < -0.3 is 0 Å². The normalized spacial score (nSPS) is 11.6. The molecular formula is C17H27NO. The fraction of sp³-hybridized carbons (Fsp3) is 0.588. The van der Waals surface area contributed by atoms with Crippen molar-refractivity contribution in [1.82, 2.24) is 4.90 Å². The molecule has 0 aliphatic carbocycles. The number of hydrogen-bond acceptors (Lipinski definition) is 2. The maximum atomic E-state index is 12.1. The summed E-state index contributed by atoms with van der Waals surface area (Å²) in [6.45, 7) is 10.2. The van der Waals surface area contributed by atoms with E-state index in [1.54, 1.807) is 0 Å². The van der Waals surface area contributed by atoms with Crippen LogP contribution >= 0.6 is 0 Å². The first-order valence-electron chi connectivity index (χ1n) is 7.22. The summed E-state index contributed by atoms with van der Waals surface area (Å²) in [4.78, 5) is 14.2. The van der Waals surface area contributed by atoms with E-state index in [2.05, 4.69) is 44.7 Å². The molecule has 19 heavy (non-hydrogen) atoms. The topological polar surface area (TPSA) is 20.3 Å². The molecule has 0 radical (unpaired) electrons. The molecule has 0 aliphatic heterocycles. The van der Waals surface area contributed by atoms with Gasteiger partial charge in [0.05, 0.1) is 6.54 Å². The zero-order valence-corrected chi connectivity index (χ0v) is 12.9. The van der Waals surface area contributed by atoms with Crippen molar-refractivity contribution in [2.24, 2.45) is 5.92 Å². The smallest absolute Gasteiger partial charge is 0.176 e. The third kappa shape index (κ3) is 5.56. The quantitative estimate of drug-likeness (QED) is 0.692. The van der Waals surface area contributed by atoms with Gasteiger partial charge in [-0.1, -0.05) is 52.0 Å². The second-order valence-corrected chi connectivity index (χ2v) is 6.12. The number of rotatable bonds is 7. The number of benzene rings is 1. The Morgan fingerprint density at radius 3 is 2.16 bits per heavy atom. The van der Waals surface area contributed by atoms with Crippen LogP contribution < -0.4 is 0 Å². The molecule has 0 aliphatic rings. The zero-order valence-electron chi connectivity index (χ0n) is 12.9. The third-order valence-electron chi connectivity index (χ3n) is 3.40. The zero-order chi connectivity index (χ0) is 14.4. The predicted octanol–water partition coefficient (Wildman–Crippen LogP) is 3.97. The lowest BCUT2D eigenvalue weighted by atomic mass is 10.0. The highest BCUT2D eigenvalue weighted by Gasteiger charge is 2.10. The van der Waals surface area contributed by atoms with E-state index < -0.39 is 0 Å². The maximum Gasteiger partial charge on any atom is 0.176 e. The molecule has 0 unspecified atom stereocenters. The van der Waals surface area contributed by atoms with Gasteiger partial charge in [-0.25, -0.2) is 0 Å². The molecule has 0 spiro atoms. The van der Waals surface area contributed by atoms with E-state index in [1.807, 2.05) is 19.2 Å². The molecule has 0 bridgehead atoms. The highest BCUT2D eigenvalue weighted by atomic mass is 16.1. The van der Waals surface area contributed by atoms with Crippen molar-refractivity contribution in [1.29, 1.82) is 0 Å². The lowest BCUT2D eigenvalue weighted by Gasteiger charge is -2.17. The van der Waals surface area contributed by atoms with Crippen molar-refractivity contribution in [2.45, 2.75) is 40.0 Å². The monoisotopic (exact) mass is 261 g/mol. The summed E-state index contributed by atoms with van der Waals surface area (Å²) >= 11 is 0. The number of likely N-dealkylation sites (N-methyl/N-ethyl adjacent to an activating group) is 1. The van der Waals surface area contributed by atoms with Gasteiger partial charge in [0.1, 0.15) is 0 Å². The Morgan fingerprint density at radius 1 is 1.11 bits per heavy atom. The molecule has 0 fully saturated rings. The average molecular weight is 261 g/mol. The van der Waals surface area contributed by atoms with Crippen molar-refractivity contribution < 1.29 is 4.79 Å². The molecule has 1 aromatic rings. The molecule has 2 nitrogen and oxygen atoms in total. The molecule has 0 amide bonds. The van der Waals surface area contributed by atoms with E-state index in [-0.39, 0.29) is 5.78 Å². The van der Waals surface area contributed by atoms with E-state index in [0.29, 0.717) is 18.4 Å². The van der Waals surface area contributed by atoms with Crippen LogP contribution in [0.2, 0.25) is 0 Å². The van der Waals surface area contributed by atoms with Crippen LogP contribution in [-0.4, -0.2) is 30.8 Å². The fourth-order valence-electron chi connectivity index (χ4n) is 1.95. The minimum absolute atomic E-state index is 0.210. The Balaban J connectivity index is 2.53. The van der Waals surface area contributed by atoms with Gasteiger partial charge in [-0.05, 0) is 37.4 Å². The molecule has 1 aromatic carbocycles. The number of ketones is 1. The number of carbonyl (C=O) groups excluding carboxylic acids is 1. The lowest BCUT2D eigenvalue weighted by molar-refractivity contribution is 0.0944. The van der Waals surface area contributed by atoms with Crippen molar-refractivity contribution >= 4 is 5.78 Å². The Labute approximate surface area is 117 Å². The molecule has 2 heteroatoms. The van der Waals surface area contributed by atoms with Gasteiger partial charge in [0, 0.05) is 5.56 Å². The molecule has 106 valence electrons. The van der Waals surface area contributed by atoms with Gasteiger partial charge in [0.15, 0.2) is 5.78 Å². The highest BCUT2D eigenvalue weighted by Crippen LogP contribution is 2.15. The third-order valence-corrected chi connectivity index (χ3v) is 3.40. The van der Waals surface area contributed by atoms with E-state index >= 15 is 0 Å². The fourth-order valence-corrected chi connectivity index (χ4v) is 1.95. The van der Waals surface area contributed by atoms with E-state index in [4.69, 9.17) is 0 Å². The Kier molecular flexibility index (Phi) is 6.23. The Bertz CT molecular complexity index is 392. The average Bonchev–Trinajstić information content (AvgIpc) is 2.36. The minimum atomic E-state index is 0.210. The van der Waals surface area contributed by atoms with Gasteiger partial charge in [0.2, 0.25) is 0 Å². The number of nitrogens with zero attached hydrogens (tertiary/aromatic N) is 1. The SMILES string of the molecule is CC(C)CCN(C)CC(=O)c1ccc(C(C)C)cc1. The van der Waals surface area contributed by atoms with Crippen molar-refractivity contribution in [3.05, 3.63) is 35.4 Å². The lowest BCUT2D eigenvalue weighted by Crippen LogP contribution is -2.27. The Morgan fingerprint density at radius 2 is 1.68 bits per heavy atom. The molecule has 0 atom stereocenters. The van der Waals surface area contributed by atoms with Crippen molar-refractivity contribution in [3.8, 4) is 0 Å². The highest BCUT2D eigenvalue weighted by molar-refractivity contribution is 5.97. The van der Waals surface area contributed by atoms with Crippen LogP contribution in [0.1, 0.15) is 56.0 Å². The summed E-state index contributed by atoms with van der Waals surface area (Å²) in [5.74, 6) is 1.40. The van der Waals surface area contributed by atoms with E-state index in [1.165, 1.54) is 5.56 Å². The van der Waals surface area contributed by atoms with Crippen LogP contribution in [0.15, 0.2) is 24.3 Å². The molecule has 0 heterocycles. The molecule has 0 N–H and O–H groups in total. The molecule has 1 rings (SSSR count). The summed E-state index contributed by atoms with van der Waals surface area (Å²) in [5, 5.41) is 0. The van der Waals surface area contributed by atoms with Gasteiger partial charge in [-0.3, -0.25) is 9.69 Å². The van der Waals surface area contributed by atoms with Gasteiger partial charge in [0.25, 0.3) is 0 Å². The predicted molar refractivity (Wildman–Crippen MR) is 81.8 cm³/mol. The summed E-state index contributed by atoms with van der Waals surface area (Å²) in [5.41, 5.74) is 2.10. The first-order valence-corrected chi connectivity index (χ1v) is 7.22. The first kappa shape index (κ1) is 15.9. The van der Waals surface area contributed by atoms with Gasteiger partial charge in [-0.2, -0.15) is 0 Å². The van der Waals surface area contributed by atoms with Crippen LogP contribution in [-0.2, 0) is 0 Å². The number of carbonyl (C=O) groups is 1. The molecular weight excluding hydrogens is 234 g/mol. The largest absolute Gasteiger partial charge is 0.299 e. The van der Waals surface area contributed by atoms with Gasteiger partial charge >= 0.3 is 0 Å². The minimum Gasteiger partial charge on any atom is -0.299 e. The van der Waals surface area contributed by atoms with Crippen LogP contribution in [0.25, 0.3) is 0 Å². The molecule has 0 saturated carbocycles. The van der Waals surface area contributed by atoms with E-state index in [9.17, 15) is 4.79 Å². The molecule has 0 saturated heterocycles. The summed E-state index contributed by atoms with van der Waals surface area (Å²) in [6.07, 6.45) is 1.13. The maximum absolute atomic E-state index is 12.1. The van der Waals surface area contributed by atoms with Crippen molar-refractivity contribution in [2.75, 3.05) is 20.1 Å². The standard InChI is InChI=1S/C17H27NO/c1-13(2)10-11-18(5)12-17(19)16-8-6-15(7-9-16)14(3)4/h6-9,13-14H,10-12H2,1-5H3. The van der Waals surface area contributed by atoms with Gasteiger partial charge in [-0.15, -0.1) is 0 Å².